The number of hydrogen-bond donors (Lipinski definition) is 1. The molecule has 0 aliphatic carbocycles. The molecule has 1 heterocycles. The van der Waals surface area contributed by atoms with Crippen LogP contribution in [0.4, 0.5) is 0 Å². The molecule has 0 aromatic heterocycles. The van der Waals surface area contributed by atoms with Crippen molar-refractivity contribution < 1.29 is 0 Å². The number of rotatable bonds is 2. The Bertz CT molecular complexity index is 78.6. The molecule has 1 rings (SSSR count). The van der Waals surface area contributed by atoms with Crippen LogP contribution in [0, 0.1) is 5.41 Å². The second-order valence-electron chi connectivity index (χ2n) is 2.85. The van der Waals surface area contributed by atoms with E-state index in [1.54, 1.807) is 0 Å². The second-order valence-corrected chi connectivity index (χ2v) is 3.71. The minimum atomic E-state index is 0.624. The summed E-state index contributed by atoms with van der Waals surface area (Å²) in [5, 5.41) is 3.27. The lowest BCUT2D eigenvalue weighted by Crippen LogP contribution is -2.52. The van der Waals surface area contributed by atoms with Crippen molar-refractivity contribution in [1.29, 1.82) is 0 Å². The molecule has 2 heteroatoms. The molecule has 1 N–H and O–H groups in total. The molecular formula is C6H13NS. The van der Waals surface area contributed by atoms with Crippen LogP contribution in [0.3, 0.4) is 0 Å². The van der Waals surface area contributed by atoms with Gasteiger partial charge < -0.3 is 5.32 Å². The normalized spacial score (nSPS) is 24.8. The predicted molar refractivity (Wildman–Crippen MR) is 39.4 cm³/mol. The Balaban J connectivity index is 2.20. The van der Waals surface area contributed by atoms with Gasteiger partial charge in [-0.25, -0.2) is 0 Å². The third kappa shape index (κ3) is 1.17. The van der Waals surface area contributed by atoms with Crippen LogP contribution in [0.2, 0.25) is 0 Å². The second kappa shape index (κ2) is 2.28. The van der Waals surface area contributed by atoms with E-state index >= 15 is 0 Å². The average molecular weight is 131 g/mol. The van der Waals surface area contributed by atoms with Crippen molar-refractivity contribution in [3.8, 4) is 0 Å². The van der Waals surface area contributed by atoms with Crippen LogP contribution in [0.1, 0.15) is 6.92 Å². The van der Waals surface area contributed by atoms with E-state index in [-0.39, 0.29) is 0 Å². The summed E-state index contributed by atoms with van der Waals surface area (Å²) in [7, 11) is 0. The Labute approximate surface area is 55.2 Å². The summed E-state index contributed by atoms with van der Waals surface area (Å²) >= 11 is 1.94. The van der Waals surface area contributed by atoms with Crippen molar-refractivity contribution in [3.05, 3.63) is 0 Å². The first-order valence-corrected chi connectivity index (χ1v) is 4.36. The minimum absolute atomic E-state index is 0.624. The molecule has 1 aliphatic heterocycles. The van der Waals surface area contributed by atoms with Gasteiger partial charge in [0, 0.05) is 24.3 Å². The molecule has 1 fully saturated rings. The van der Waals surface area contributed by atoms with Gasteiger partial charge in [0.25, 0.3) is 0 Å². The molecular weight excluding hydrogens is 118 g/mol. The van der Waals surface area contributed by atoms with Crippen LogP contribution in [-0.2, 0) is 0 Å². The van der Waals surface area contributed by atoms with E-state index in [0.29, 0.717) is 5.41 Å². The fourth-order valence-corrected chi connectivity index (χ4v) is 1.90. The highest BCUT2D eigenvalue weighted by atomic mass is 32.2. The van der Waals surface area contributed by atoms with Gasteiger partial charge in [0.1, 0.15) is 0 Å². The molecule has 1 aliphatic rings. The monoisotopic (exact) mass is 131 g/mol. The zero-order valence-corrected chi connectivity index (χ0v) is 6.35. The van der Waals surface area contributed by atoms with Crippen LogP contribution in [0.5, 0.6) is 0 Å². The Morgan fingerprint density at radius 3 is 2.38 bits per heavy atom. The summed E-state index contributed by atoms with van der Waals surface area (Å²) in [6.45, 7) is 4.77. The topological polar surface area (TPSA) is 12.0 Å². The summed E-state index contributed by atoms with van der Waals surface area (Å²) in [6.07, 6.45) is 2.17. The van der Waals surface area contributed by atoms with E-state index in [2.05, 4.69) is 18.5 Å². The zero-order chi connectivity index (χ0) is 6.04. The smallest absolute Gasteiger partial charge is 0.00255 e. The SMILES string of the molecule is CSCC1(C)CNC1. The van der Waals surface area contributed by atoms with E-state index in [1.807, 2.05) is 11.8 Å². The molecule has 0 spiro atoms. The maximum absolute atomic E-state index is 3.27. The largest absolute Gasteiger partial charge is 0.315 e. The first-order chi connectivity index (χ1) is 3.77. The summed E-state index contributed by atoms with van der Waals surface area (Å²) in [5.74, 6) is 1.31. The summed E-state index contributed by atoms with van der Waals surface area (Å²) < 4.78 is 0. The van der Waals surface area contributed by atoms with Gasteiger partial charge in [-0.15, -0.1) is 0 Å². The van der Waals surface area contributed by atoms with Crippen LogP contribution >= 0.6 is 11.8 Å². The van der Waals surface area contributed by atoms with Gasteiger partial charge in [-0.2, -0.15) is 11.8 Å². The number of thioether (sulfide) groups is 1. The molecule has 0 unspecified atom stereocenters. The minimum Gasteiger partial charge on any atom is -0.315 e. The summed E-state index contributed by atoms with van der Waals surface area (Å²) in [5.41, 5.74) is 0.624. The average Bonchev–Trinajstić information content (AvgIpc) is 1.64. The van der Waals surface area contributed by atoms with Crippen LogP contribution < -0.4 is 5.32 Å². The van der Waals surface area contributed by atoms with Gasteiger partial charge >= 0.3 is 0 Å². The van der Waals surface area contributed by atoms with Crippen LogP contribution in [0.25, 0.3) is 0 Å². The maximum atomic E-state index is 3.27. The highest BCUT2D eigenvalue weighted by molar-refractivity contribution is 7.98. The van der Waals surface area contributed by atoms with Gasteiger partial charge in [-0.1, -0.05) is 6.92 Å². The van der Waals surface area contributed by atoms with Crippen molar-refractivity contribution in [2.24, 2.45) is 5.41 Å². The third-order valence-corrected chi connectivity index (χ3v) is 2.58. The Kier molecular flexibility index (Phi) is 1.83. The molecule has 1 saturated heterocycles. The fourth-order valence-electron chi connectivity index (χ4n) is 1.00. The van der Waals surface area contributed by atoms with E-state index in [4.69, 9.17) is 0 Å². The molecule has 0 aromatic carbocycles. The standard InChI is InChI=1S/C6H13NS/c1-6(5-8-2)3-7-4-6/h7H,3-5H2,1-2H3. The fraction of sp³-hybridized carbons (Fsp3) is 1.00. The molecule has 0 atom stereocenters. The summed E-state index contributed by atoms with van der Waals surface area (Å²) in [6, 6.07) is 0. The van der Waals surface area contributed by atoms with Gasteiger partial charge in [0.2, 0.25) is 0 Å². The van der Waals surface area contributed by atoms with Crippen LogP contribution in [-0.4, -0.2) is 25.1 Å². The molecule has 1 nitrogen and oxygen atoms in total. The highest BCUT2D eigenvalue weighted by Crippen LogP contribution is 2.24. The first-order valence-electron chi connectivity index (χ1n) is 2.96. The molecule has 0 amide bonds. The maximum Gasteiger partial charge on any atom is 0.00255 e. The predicted octanol–water partition coefficient (Wildman–Crippen LogP) is 0.959. The van der Waals surface area contributed by atoms with Crippen LogP contribution in [0.15, 0.2) is 0 Å². The third-order valence-electron chi connectivity index (χ3n) is 1.60. The lowest BCUT2D eigenvalue weighted by Gasteiger charge is -2.38. The van der Waals surface area contributed by atoms with Crippen molar-refractivity contribution >= 4 is 11.8 Å². The zero-order valence-electron chi connectivity index (χ0n) is 5.53. The van der Waals surface area contributed by atoms with Gasteiger partial charge in [0.05, 0.1) is 0 Å². The highest BCUT2D eigenvalue weighted by Gasteiger charge is 2.30. The lowest BCUT2D eigenvalue weighted by atomic mass is 9.87. The number of nitrogens with one attached hydrogen (secondary N) is 1. The van der Waals surface area contributed by atoms with E-state index in [1.165, 1.54) is 18.8 Å². The number of hydrogen-bond acceptors (Lipinski definition) is 2. The molecule has 0 radical (unpaired) electrons. The molecule has 8 heavy (non-hydrogen) atoms. The van der Waals surface area contributed by atoms with Crippen molar-refractivity contribution in [2.75, 3.05) is 25.1 Å². The van der Waals surface area contributed by atoms with E-state index in [0.717, 1.165) is 0 Å². The van der Waals surface area contributed by atoms with Crippen molar-refractivity contribution in [1.82, 2.24) is 5.32 Å². The Morgan fingerprint density at radius 2 is 2.25 bits per heavy atom. The quantitative estimate of drug-likeness (QED) is 0.599. The van der Waals surface area contributed by atoms with E-state index in [9.17, 15) is 0 Å². The van der Waals surface area contributed by atoms with E-state index < -0.39 is 0 Å². The summed E-state index contributed by atoms with van der Waals surface area (Å²) in [4.78, 5) is 0. The molecule has 48 valence electrons. The lowest BCUT2D eigenvalue weighted by molar-refractivity contribution is 0.233. The molecule has 0 bridgehead atoms. The Morgan fingerprint density at radius 1 is 1.62 bits per heavy atom. The van der Waals surface area contributed by atoms with Crippen molar-refractivity contribution in [2.45, 2.75) is 6.92 Å². The van der Waals surface area contributed by atoms with Crippen molar-refractivity contribution in [3.63, 3.8) is 0 Å². The van der Waals surface area contributed by atoms with Gasteiger partial charge in [-0.05, 0) is 6.26 Å². The van der Waals surface area contributed by atoms with Gasteiger partial charge in [-0.3, -0.25) is 0 Å². The molecule has 0 saturated carbocycles. The Hall–Kier alpha value is 0.310. The van der Waals surface area contributed by atoms with Gasteiger partial charge in [0.15, 0.2) is 0 Å². The molecule has 0 aromatic rings. The first kappa shape index (κ1) is 6.43.